The number of hydrogen-bond donors (Lipinski definition) is 1. The van der Waals surface area contributed by atoms with Gasteiger partial charge in [-0.1, -0.05) is 13.0 Å². The fraction of sp³-hybridized carbons (Fsp3) is 0.538. The average molecular weight is 220 g/mol. The molecule has 0 saturated carbocycles. The predicted molar refractivity (Wildman–Crippen MR) is 67.3 cm³/mol. The van der Waals surface area contributed by atoms with E-state index >= 15 is 0 Å². The van der Waals surface area contributed by atoms with Crippen LogP contribution in [0, 0.1) is 0 Å². The van der Waals surface area contributed by atoms with Crippen molar-refractivity contribution in [2.75, 3.05) is 31.6 Å². The third kappa shape index (κ3) is 2.30. The van der Waals surface area contributed by atoms with E-state index in [2.05, 4.69) is 35.3 Å². The Kier molecular flexibility index (Phi) is 3.67. The fourth-order valence-electron chi connectivity index (χ4n) is 2.25. The van der Waals surface area contributed by atoms with Gasteiger partial charge in [-0.25, -0.2) is 0 Å². The van der Waals surface area contributed by atoms with E-state index in [1.165, 1.54) is 12.1 Å². The zero-order valence-electron chi connectivity index (χ0n) is 10.1. The summed E-state index contributed by atoms with van der Waals surface area (Å²) in [7, 11) is 1.72. The first-order valence-corrected chi connectivity index (χ1v) is 5.96. The van der Waals surface area contributed by atoms with Gasteiger partial charge in [-0.15, -0.1) is 0 Å². The molecular weight excluding hydrogens is 200 g/mol. The summed E-state index contributed by atoms with van der Waals surface area (Å²) in [4.78, 5) is 2.47. The summed E-state index contributed by atoms with van der Waals surface area (Å²) in [5.41, 5.74) is 1.27. The van der Waals surface area contributed by atoms with Gasteiger partial charge in [0.2, 0.25) is 0 Å². The van der Waals surface area contributed by atoms with Crippen molar-refractivity contribution in [2.24, 2.45) is 0 Å². The van der Waals surface area contributed by atoms with Gasteiger partial charge in [-0.3, -0.25) is 0 Å². The third-order valence-electron chi connectivity index (χ3n) is 3.21. The Balaban J connectivity index is 2.20. The van der Waals surface area contributed by atoms with Gasteiger partial charge in [-0.05, 0) is 18.6 Å². The van der Waals surface area contributed by atoms with Crippen LogP contribution in [0.25, 0.3) is 0 Å². The first-order chi connectivity index (χ1) is 7.85. The molecule has 1 N–H and O–H groups in total. The summed E-state index contributed by atoms with van der Waals surface area (Å²) in [5, 5.41) is 3.44. The molecule has 0 spiro atoms. The second-order valence-corrected chi connectivity index (χ2v) is 4.16. The minimum absolute atomic E-state index is 0.598. The summed E-state index contributed by atoms with van der Waals surface area (Å²) >= 11 is 0. The van der Waals surface area contributed by atoms with Crippen molar-refractivity contribution >= 4 is 5.69 Å². The molecule has 1 aromatic carbocycles. The van der Waals surface area contributed by atoms with E-state index in [1.54, 1.807) is 7.11 Å². The molecule has 1 unspecified atom stereocenters. The van der Waals surface area contributed by atoms with Crippen LogP contribution >= 0.6 is 0 Å². The zero-order valence-corrected chi connectivity index (χ0v) is 10.1. The van der Waals surface area contributed by atoms with Gasteiger partial charge in [0.25, 0.3) is 0 Å². The normalized spacial score (nSPS) is 20.9. The number of piperazine rings is 1. The third-order valence-corrected chi connectivity index (χ3v) is 3.21. The largest absolute Gasteiger partial charge is 0.497 e. The Morgan fingerprint density at radius 3 is 3.12 bits per heavy atom. The Morgan fingerprint density at radius 1 is 1.50 bits per heavy atom. The molecule has 1 aromatic rings. The van der Waals surface area contributed by atoms with E-state index in [1.807, 2.05) is 6.07 Å². The van der Waals surface area contributed by atoms with Crippen LogP contribution < -0.4 is 15.0 Å². The average Bonchev–Trinajstić information content (AvgIpc) is 2.38. The SMILES string of the molecule is CCC1CNCCN1c1cccc(OC)c1. The summed E-state index contributed by atoms with van der Waals surface area (Å²) in [6.45, 7) is 5.46. The van der Waals surface area contributed by atoms with Crippen molar-refractivity contribution < 1.29 is 4.74 Å². The quantitative estimate of drug-likeness (QED) is 0.842. The molecule has 1 aliphatic rings. The Bertz CT molecular complexity index is 340. The molecule has 0 amide bonds. The minimum atomic E-state index is 0.598. The van der Waals surface area contributed by atoms with Crippen LogP contribution in [-0.2, 0) is 0 Å². The van der Waals surface area contributed by atoms with Crippen molar-refractivity contribution in [1.82, 2.24) is 5.32 Å². The van der Waals surface area contributed by atoms with Crippen molar-refractivity contribution in [3.8, 4) is 5.75 Å². The molecule has 1 saturated heterocycles. The van der Waals surface area contributed by atoms with Gasteiger partial charge >= 0.3 is 0 Å². The Labute approximate surface area is 97.4 Å². The second-order valence-electron chi connectivity index (χ2n) is 4.16. The molecule has 1 aliphatic heterocycles. The highest BCUT2D eigenvalue weighted by atomic mass is 16.5. The molecule has 1 atom stereocenters. The lowest BCUT2D eigenvalue weighted by Gasteiger charge is -2.37. The highest BCUT2D eigenvalue weighted by molar-refractivity contribution is 5.52. The zero-order chi connectivity index (χ0) is 11.4. The monoisotopic (exact) mass is 220 g/mol. The molecule has 1 heterocycles. The molecule has 1 fully saturated rings. The van der Waals surface area contributed by atoms with Crippen LogP contribution in [0.15, 0.2) is 24.3 Å². The number of methoxy groups -OCH3 is 1. The molecule has 88 valence electrons. The lowest BCUT2D eigenvalue weighted by Crippen LogP contribution is -2.51. The lowest BCUT2D eigenvalue weighted by molar-refractivity contribution is 0.413. The van der Waals surface area contributed by atoms with Gasteiger partial charge in [0.1, 0.15) is 5.75 Å². The van der Waals surface area contributed by atoms with E-state index in [0.717, 1.165) is 25.4 Å². The minimum Gasteiger partial charge on any atom is -0.497 e. The molecule has 0 radical (unpaired) electrons. The molecule has 3 heteroatoms. The summed E-state index contributed by atoms with van der Waals surface area (Å²) in [5.74, 6) is 0.936. The second kappa shape index (κ2) is 5.21. The summed E-state index contributed by atoms with van der Waals surface area (Å²) in [6, 6.07) is 8.93. The smallest absolute Gasteiger partial charge is 0.120 e. The number of anilines is 1. The van der Waals surface area contributed by atoms with Crippen molar-refractivity contribution in [2.45, 2.75) is 19.4 Å². The Hall–Kier alpha value is -1.22. The highest BCUT2D eigenvalue weighted by Crippen LogP contribution is 2.24. The van der Waals surface area contributed by atoms with Crippen LogP contribution in [0.2, 0.25) is 0 Å². The standard InChI is InChI=1S/C13H20N2O/c1-3-11-10-14-7-8-15(11)12-5-4-6-13(9-12)16-2/h4-6,9,11,14H,3,7-8,10H2,1-2H3. The molecule has 0 aromatic heterocycles. The van der Waals surface area contributed by atoms with Gasteiger partial charge in [-0.2, -0.15) is 0 Å². The van der Waals surface area contributed by atoms with E-state index in [9.17, 15) is 0 Å². The maximum Gasteiger partial charge on any atom is 0.120 e. The summed E-state index contributed by atoms with van der Waals surface area (Å²) < 4.78 is 5.27. The van der Waals surface area contributed by atoms with E-state index in [-0.39, 0.29) is 0 Å². The van der Waals surface area contributed by atoms with Crippen LogP contribution in [0.4, 0.5) is 5.69 Å². The van der Waals surface area contributed by atoms with Gasteiger partial charge in [0.15, 0.2) is 0 Å². The van der Waals surface area contributed by atoms with Crippen LogP contribution in [0.5, 0.6) is 5.75 Å². The highest BCUT2D eigenvalue weighted by Gasteiger charge is 2.20. The fourth-order valence-corrected chi connectivity index (χ4v) is 2.25. The van der Waals surface area contributed by atoms with Gasteiger partial charge < -0.3 is 15.0 Å². The first-order valence-electron chi connectivity index (χ1n) is 5.96. The van der Waals surface area contributed by atoms with E-state index < -0.39 is 0 Å². The topological polar surface area (TPSA) is 24.5 Å². The van der Waals surface area contributed by atoms with Crippen molar-refractivity contribution in [3.05, 3.63) is 24.3 Å². The van der Waals surface area contributed by atoms with E-state index in [4.69, 9.17) is 4.74 Å². The van der Waals surface area contributed by atoms with Crippen molar-refractivity contribution in [1.29, 1.82) is 0 Å². The van der Waals surface area contributed by atoms with Gasteiger partial charge in [0, 0.05) is 37.4 Å². The van der Waals surface area contributed by atoms with Crippen LogP contribution in [0.1, 0.15) is 13.3 Å². The number of benzene rings is 1. The maximum atomic E-state index is 5.27. The molecule has 0 bridgehead atoms. The van der Waals surface area contributed by atoms with E-state index in [0.29, 0.717) is 6.04 Å². The first kappa shape index (κ1) is 11.3. The molecule has 0 aliphatic carbocycles. The molecule has 16 heavy (non-hydrogen) atoms. The van der Waals surface area contributed by atoms with Crippen LogP contribution in [-0.4, -0.2) is 32.8 Å². The van der Waals surface area contributed by atoms with Crippen molar-refractivity contribution in [3.63, 3.8) is 0 Å². The number of rotatable bonds is 3. The lowest BCUT2D eigenvalue weighted by atomic mass is 10.1. The van der Waals surface area contributed by atoms with Crippen LogP contribution in [0.3, 0.4) is 0 Å². The molecule has 2 rings (SSSR count). The Morgan fingerprint density at radius 2 is 2.38 bits per heavy atom. The number of ether oxygens (including phenoxy) is 1. The molecular formula is C13H20N2O. The number of hydrogen-bond acceptors (Lipinski definition) is 3. The predicted octanol–water partition coefficient (Wildman–Crippen LogP) is 1.88. The maximum absolute atomic E-state index is 5.27. The number of nitrogens with one attached hydrogen (secondary N) is 1. The van der Waals surface area contributed by atoms with Gasteiger partial charge in [0.05, 0.1) is 7.11 Å². The number of nitrogens with zero attached hydrogens (tertiary/aromatic N) is 1. The summed E-state index contributed by atoms with van der Waals surface area (Å²) in [6.07, 6.45) is 1.17. The molecule has 3 nitrogen and oxygen atoms in total.